The minimum absolute atomic E-state index is 0.0443. The van der Waals surface area contributed by atoms with E-state index in [-0.39, 0.29) is 5.91 Å². The second kappa shape index (κ2) is 7.17. The van der Waals surface area contributed by atoms with Crippen LogP contribution in [0.1, 0.15) is 27.3 Å². The minimum atomic E-state index is -0.0443. The molecule has 0 bridgehead atoms. The maximum Gasteiger partial charge on any atom is 0.253 e. The molecule has 28 heavy (non-hydrogen) atoms. The lowest BCUT2D eigenvalue weighted by Crippen LogP contribution is -2.26. The first-order valence-electron chi connectivity index (χ1n) is 9.08. The van der Waals surface area contributed by atoms with Crippen LogP contribution in [0.25, 0.3) is 16.7 Å². The summed E-state index contributed by atoms with van der Waals surface area (Å²) < 4.78 is 2.21. The standard InChI is InChI=1S/C22H21ClN4O/c1-14-11-17(15(2)27(14)18-7-5-4-6-8-18)13-26(3)21(28)16-9-10-19-20(12-16)25-22(23)24-19/h4-12H,13H2,1-3H3,(H,24,25). The first kappa shape index (κ1) is 18.3. The summed E-state index contributed by atoms with van der Waals surface area (Å²) in [5, 5.41) is 0.321. The Kier molecular flexibility index (Phi) is 4.69. The smallest absolute Gasteiger partial charge is 0.253 e. The largest absolute Gasteiger partial charge is 0.337 e. The highest BCUT2D eigenvalue weighted by atomic mass is 35.5. The number of nitrogens with zero attached hydrogens (tertiary/aromatic N) is 3. The summed E-state index contributed by atoms with van der Waals surface area (Å²) in [4.78, 5) is 21.8. The third kappa shape index (κ3) is 3.29. The van der Waals surface area contributed by atoms with E-state index in [1.165, 1.54) is 0 Å². The molecule has 142 valence electrons. The van der Waals surface area contributed by atoms with Gasteiger partial charge in [-0.3, -0.25) is 4.79 Å². The van der Waals surface area contributed by atoms with E-state index in [9.17, 15) is 4.79 Å². The maximum atomic E-state index is 12.9. The first-order valence-corrected chi connectivity index (χ1v) is 9.46. The van der Waals surface area contributed by atoms with Gasteiger partial charge < -0.3 is 14.5 Å². The fourth-order valence-corrected chi connectivity index (χ4v) is 3.82. The maximum absolute atomic E-state index is 12.9. The lowest BCUT2D eigenvalue weighted by Gasteiger charge is -2.18. The molecule has 1 amide bonds. The van der Waals surface area contributed by atoms with Gasteiger partial charge in [0.15, 0.2) is 0 Å². The number of halogens is 1. The van der Waals surface area contributed by atoms with Crippen molar-refractivity contribution in [2.75, 3.05) is 7.05 Å². The van der Waals surface area contributed by atoms with Gasteiger partial charge in [-0.05, 0) is 67.4 Å². The summed E-state index contributed by atoms with van der Waals surface area (Å²) in [6, 6.07) is 17.8. The molecule has 0 fully saturated rings. The van der Waals surface area contributed by atoms with Gasteiger partial charge in [0.25, 0.3) is 5.91 Å². The van der Waals surface area contributed by atoms with E-state index in [1.807, 2.05) is 25.2 Å². The molecule has 0 spiro atoms. The molecule has 4 aromatic rings. The second-order valence-electron chi connectivity index (χ2n) is 6.99. The number of aryl methyl sites for hydroxylation is 1. The number of aromatic amines is 1. The summed E-state index contributed by atoms with van der Waals surface area (Å²) >= 11 is 5.91. The van der Waals surface area contributed by atoms with Crippen LogP contribution in [-0.2, 0) is 6.54 Å². The number of imidazole rings is 1. The highest BCUT2D eigenvalue weighted by molar-refractivity contribution is 6.29. The van der Waals surface area contributed by atoms with Gasteiger partial charge in [0.1, 0.15) is 0 Å². The molecule has 0 saturated carbocycles. The zero-order valence-electron chi connectivity index (χ0n) is 16.0. The van der Waals surface area contributed by atoms with Gasteiger partial charge in [-0.2, -0.15) is 0 Å². The van der Waals surface area contributed by atoms with Crippen molar-refractivity contribution in [2.45, 2.75) is 20.4 Å². The molecule has 4 rings (SSSR count). The summed E-state index contributed by atoms with van der Waals surface area (Å²) in [5.41, 5.74) is 6.64. The van der Waals surface area contributed by atoms with Crippen molar-refractivity contribution in [1.82, 2.24) is 19.4 Å². The van der Waals surface area contributed by atoms with Gasteiger partial charge >= 0.3 is 0 Å². The highest BCUT2D eigenvalue weighted by Gasteiger charge is 2.17. The molecule has 1 N–H and O–H groups in total. The van der Waals surface area contributed by atoms with Gasteiger partial charge in [0, 0.05) is 36.2 Å². The summed E-state index contributed by atoms with van der Waals surface area (Å²) in [7, 11) is 1.82. The lowest BCUT2D eigenvalue weighted by molar-refractivity contribution is 0.0785. The van der Waals surface area contributed by atoms with Crippen LogP contribution in [0.15, 0.2) is 54.6 Å². The van der Waals surface area contributed by atoms with Gasteiger partial charge in [-0.15, -0.1) is 0 Å². The number of carbonyl (C=O) groups is 1. The number of para-hydroxylation sites is 1. The Morgan fingerprint density at radius 2 is 1.89 bits per heavy atom. The average molecular weight is 393 g/mol. The van der Waals surface area contributed by atoms with E-state index in [0.29, 0.717) is 17.4 Å². The fourth-order valence-electron chi connectivity index (χ4n) is 3.62. The van der Waals surface area contributed by atoms with Gasteiger partial charge in [-0.25, -0.2) is 4.98 Å². The van der Waals surface area contributed by atoms with Gasteiger partial charge in [0.2, 0.25) is 5.28 Å². The number of amides is 1. The normalized spacial score (nSPS) is 11.1. The molecule has 6 heteroatoms. The molecule has 0 aliphatic heterocycles. The van der Waals surface area contributed by atoms with Crippen LogP contribution in [0.4, 0.5) is 0 Å². The van der Waals surface area contributed by atoms with Crippen molar-refractivity contribution in [3.05, 3.63) is 82.4 Å². The van der Waals surface area contributed by atoms with Crippen molar-refractivity contribution < 1.29 is 4.79 Å². The van der Waals surface area contributed by atoms with Crippen LogP contribution in [-0.4, -0.2) is 32.4 Å². The molecule has 2 aromatic carbocycles. The number of hydrogen-bond donors (Lipinski definition) is 1. The molecule has 0 aliphatic carbocycles. The number of rotatable bonds is 4. The topological polar surface area (TPSA) is 53.9 Å². The van der Waals surface area contributed by atoms with E-state index >= 15 is 0 Å². The molecular weight excluding hydrogens is 372 g/mol. The molecule has 0 aliphatic rings. The predicted molar refractivity (Wildman–Crippen MR) is 112 cm³/mol. The van der Waals surface area contributed by atoms with Crippen molar-refractivity contribution in [3.63, 3.8) is 0 Å². The summed E-state index contributed by atoms with van der Waals surface area (Å²) in [5.74, 6) is -0.0443. The Hall–Kier alpha value is -3.05. The predicted octanol–water partition coefficient (Wildman–Crippen LogP) is 4.90. The van der Waals surface area contributed by atoms with Crippen LogP contribution in [0.2, 0.25) is 5.28 Å². The average Bonchev–Trinajstić information content (AvgIpc) is 3.19. The van der Waals surface area contributed by atoms with E-state index in [0.717, 1.165) is 33.7 Å². The minimum Gasteiger partial charge on any atom is -0.337 e. The summed E-state index contributed by atoms with van der Waals surface area (Å²) in [6.07, 6.45) is 0. The van der Waals surface area contributed by atoms with Crippen LogP contribution >= 0.6 is 11.6 Å². The van der Waals surface area contributed by atoms with Crippen molar-refractivity contribution in [1.29, 1.82) is 0 Å². The van der Waals surface area contributed by atoms with Crippen LogP contribution in [0, 0.1) is 13.8 Å². The van der Waals surface area contributed by atoms with Crippen LogP contribution < -0.4 is 0 Å². The quantitative estimate of drug-likeness (QED) is 0.537. The van der Waals surface area contributed by atoms with Crippen LogP contribution in [0.5, 0.6) is 0 Å². The molecule has 2 aromatic heterocycles. The molecule has 5 nitrogen and oxygen atoms in total. The third-order valence-corrected chi connectivity index (χ3v) is 5.18. The van der Waals surface area contributed by atoms with E-state index < -0.39 is 0 Å². The van der Waals surface area contributed by atoms with Crippen molar-refractivity contribution in [3.8, 4) is 5.69 Å². The molecule has 2 heterocycles. The Morgan fingerprint density at radius 3 is 2.64 bits per heavy atom. The van der Waals surface area contributed by atoms with Gasteiger partial charge in [0.05, 0.1) is 11.0 Å². The van der Waals surface area contributed by atoms with Gasteiger partial charge in [-0.1, -0.05) is 18.2 Å². The fraction of sp³-hybridized carbons (Fsp3) is 0.182. The molecule has 0 radical (unpaired) electrons. The number of aromatic nitrogens is 3. The second-order valence-corrected chi connectivity index (χ2v) is 7.35. The number of benzene rings is 2. The number of carbonyl (C=O) groups excluding carboxylic acids is 1. The third-order valence-electron chi connectivity index (χ3n) is 5.00. The Morgan fingerprint density at radius 1 is 1.14 bits per heavy atom. The molecule has 0 unspecified atom stereocenters. The number of fused-ring (bicyclic) bond motifs is 1. The Labute approximate surface area is 168 Å². The SMILES string of the molecule is Cc1cc(CN(C)C(=O)c2ccc3nc(Cl)[nH]c3c2)c(C)n1-c1ccccc1. The van der Waals surface area contributed by atoms with E-state index in [4.69, 9.17) is 11.6 Å². The molecule has 0 atom stereocenters. The van der Waals surface area contributed by atoms with Crippen LogP contribution in [0.3, 0.4) is 0 Å². The number of H-pyrrole nitrogens is 1. The molecular formula is C22H21ClN4O. The molecule has 0 saturated heterocycles. The highest BCUT2D eigenvalue weighted by Crippen LogP contribution is 2.23. The van der Waals surface area contributed by atoms with E-state index in [2.05, 4.69) is 46.6 Å². The lowest BCUT2D eigenvalue weighted by atomic mass is 10.1. The number of hydrogen-bond acceptors (Lipinski definition) is 2. The monoisotopic (exact) mass is 392 g/mol. The van der Waals surface area contributed by atoms with Crippen molar-refractivity contribution >= 4 is 28.5 Å². The first-order chi connectivity index (χ1) is 13.4. The Balaban J connectivity index is 1.59. The Bertz CT molecular complexity index is 1160. The van der Waals surface area contributed by atoms with E-state index in [1.54, 1.807) is 23.1 Å². The zero-order valence-corrected chi connectivity index (χ0v) is 16.8. The number of nitrogens with one attached hydrogen (secondary N) is 1. The zero-order chi connectivity index (χ0) is 19.8. The summed E-state index contributed by atoms with van der Waals surface area (Å²) in [6.45, 7) is 4.71. The van der Waals surface area contributed by atoms with Crippen molar-refractivity contribution in [2.24, 2.45) is 0 Å².